The van der Waals surface area contributed by atoms with E-state index in [0.29, 0.717) is 16.3 Å². The Morgan fingerprint density at radius 2 is 1.86 bits per heavy atom. The third-order valence-electron chi connectivity index (χ3n) is 3.13. The molecule has 0 radical (unpaired) electrons. The first kappa shape index (κ1) is 16.0. The van der Waals surface area contributed by atoms with Crippen molar-refractivity contribution in [3.05, 3.63) is 64.2 Å². The summed E-state index contributed by atoms with van der Waals surface area (Å²) in [5, 5.41) is 0.586. The molecule has 0 atom stereocenters. The molecular formula is C17H15ClO4. The minimum atomic E-state index is -0.558. The maximum atomic E-state index is 11.8. The van der Waals surface area contributed by atoms with Gasteiger partial charge in [-0.3, -0.25) is 4.79 Å². The molecule has 0 heterocycles. The van der Waals surface area contributed by atoms with Crippen molar-refractivity contribution >= 4 is 23.4 Å². The predicted octanol–water partition coefficient (Wildman–Crippen LogP) is 3.91. The van der Waals surface area contributed by atoms with Crippen molar-refractivity contribution in [2.24, 2.45) is 0 Å². The molecule has 0 aliphatic heterocycles. The van der Waals surface area contributed by atoms with E-state index >= 15 is 0 Å². The fraction of sp³-hybridized carbons (Fsp3) is 0.176. The van der Waals surface area contributed by atoms with Crippen LogP contribution in [0.3, 0.4) is 0 Å². The molecule has 114 valence electrons. The Morgan fingerprint density at radius 3 is 2.50 bits per heavy atom. The van der Waals surface area contributed by atoms with Crippen LogP contribution < -0.4 is 4.74 Å². The summed E-state index contributed by atoms with van der Waals surface area (Å²) >= 11 is 6.07. The van der Waals surface area contributed by atoms with E-state index in [1.165, 1.54) is 20.1 Å². The Morgan fingerprint density at radius 1 is 1.14 bits per heavy atom. The molecule has 0 N–H and O–H groups in total. The average molecular weight is 319 g/mol. The summed E-state index contributed by atoms with van der Waals surface area (Å²) in [4.78, 5) is 23.3. The molecule has 4 nitrogen and oxygen atoms in total. The molecule has 0 aromatic heterocycles. The number of Topliss-reactive ketones (excluding diaryl/α,β-unsaturated/α-hetero) is 1. The van der Waals surface area contributed by atoms with Gasteiger partial charge in [0.15, 0.2) is 5.78 Å². The van der Waals surface area contributed by atoms with Gasteiger partial charge in [-0.1, -0.05) is 29.8 Å². The molecule has 0 bridgehead atoms. The monoisotopic (exact) mass is 318 g/mol. The highest BCUT2D eigenvalue weighted by Crippen LogP contribution is 2.24. The van der Waals surface area contributed by atoms with E-state index in [1.54, 1.807) is 18.2 Å². The number of esters is 1. The maximum Gasteiger partial charge on any atom is 0.341 e. The van der Waals surface area contributed by atoms with Crippen molar-refractivity contribution in [2.75, 3.05) is 7.11 Å². The van der Waals surface area contributed by atoms with Crippen LogP contribution in [0.2, 0.25) is 5.02 Å². The molecule has 22 heavy (non-hydrogen) atoms. The highest BCUT2D eigenvalue weighted by Gasteiger charge is 2.16. The summed E-state index contributed by atoms with van der Waals surface area (Å²) in [6, 6.07) is 11.9. The summed E-state index contributed by atoms with van der Waals surface area (Å²) in [5.74, 6) is -0.350. The van der Waals surface area contributed by atoms with Crippen molar-refractivity contribution in [3.8, 4) is 5.75 Å². The van der Waals surface area contributed by atoms with Gasteiger partial charge in [-0.25, -0.2) is 4.79 Å². The zero-order valence-corrected chi connectivity index (χ0v) is 13.0. The predicted molar refractivity (Wildman–Crippen MR) is 83.6 cm³/mol. The van der Waals surface area contributed by atoms with E-state index in [2.05, 4.69) is 0 Å². The number of carbonyl (C=O) groups is 2. The minimum Gasteiger partial charge on any atom is -0.488 e. The number of methoxy groups -OCH3 is 1. The van der Waals surface area contributed by atoms with Crippen LogP contribution in [0.5, 0.6) is 5.75 Å². The molecule has 0 aliphatic carbocycles. The van der Waals surface area contributed by atoms with Crippen LogP contribution in [-0.2, 0) is 11.3 Å². The average Bonchev–Trinajstić information content (AvgIpc) is 2.53. The van der Waals surface area contributed by atoms with Gasteiger partial charge in [0.1, 0.15) is 17.9 Å². The van der Waals surface area contributed by atoms with Gasteiger partial charge in [-0.15, -0.1) is 0 Å². The van der Waals surface area contributed by atoms with Crippen LogP contribution in [-0.4, -0.2) is 18.9 Å². The van der Waals surface area contributed by atoms with Gasteiger partial charge in [0, 0.05) is 16.1 Å². The number of hydrogen-bond acceptors (Lipinski definition) is 4. The first-order chi connectivity index (χ1) is 10.5. The summed E-state index contributed by atoms with van der Waals surface area (Å²) in [5.41, 5.74) is 1.43. The van der Waals surface area contributed by atoms with Crippen molar-refractivity contribution in [2.45, 2.75) is 13.5 Å². The Bertz CT molecular complexity index is 710. The molecule has 0 amide bonds. The molecule has 0 saturated carbocycles. The number of rotatable bonds is 5. The molecule has 5 heteroatoms. The van der Waals surface area contributed by atoms with E-state index in [-0.39, 0.29) is 18.0 Å². The van der Waals surface area contributed by atoms with Gasteiger partial charge >= 0.3 is 5.97 Å². The lowest BCUT2D eigenvalue weighted by Gasteiger charge is -2.12. The maximum absolute atomic E-state index is 11.8. The zero-order valence-electron chi connectivity index (χ0n) is 12.3. The van der Waals surface area contributed by atoms with Crippen LogP contribution in [0, 0.1) is 0 Å². The third kappa shape index (κ3) is 3.65. The number of carbonyl (C=O) groups excluding carboxylic acids is 2. The van der Waals surface area contributed by atoms with Crippen molar-refractivity contribution < 1.29 is 19.1 Å². The van der Waals surface area contributed by atoms with E-state index < -0.39 is 5.97 Å². The van der Waals surface area contributed by atoms with E-state index in [0.717, 1.165) is 5.56 Å². The first-order valence-electron chi connectivity index (χ1n) is 6.62. The largest absolute Gasteiger partial charge is 0.488 e. The molecule has 0 saturated heterocycles. The molecule has 0 spiro atoms. The molecule has 2 aromatic carbocycles. The fourth-order valence-corrected chi connectivity index (χ4v) is 2.11. The number of ether oxygens (including phenoxy) is 2. The van der Waals surface area contributed by atoms with Gasteiger partial charge in [-0.2, -0.15) is 0 Å². The van der Waals surface area contributed by atoms with Gasteiger partial charge < -0.3 is 9.47 Å². The molecular weight excluding hydrogens is 304 g/mol. The summed E-state index contributed by atoms with van der Waals surface area (Å²) in [7, 11) is 1.28. The molecule has 0 aliphatic rings. The van der Waals surface area contributed by atoms with Crippen molar-refractivity contribution in [1.82, 2.24) is 0 Å². The highest BCUT2D eigenvalue weighted by molar-refractivity contribution is 6.31. The van der Waals surface area contributed by atoms with E-state index in [1.807, 2.05) is 18.2 Å². The van der Waals surface area contributed by atoms with Gasteiger partial charge in [0.25, 0.3) is 0 Å². The lowest BCUT2D eigenvalue weighted by Crippen LogP contribution is -2.08. The lowest BCUT2D eigenvalue weighted by molar-refractivity contribution is 0.0595. The third-order valence-corrected chi connectivity index (χ3v) is 3.50. The van der Waals surface area contributed by atoms with Crippen LogP contribution in [0.1, 0.15) is 33.2 Å². The Balaban J connectivity index is 2.28. The topological polar surface area (TPSA) is 52.6 Å². The normalized spacial score (nSPS) is 10.1. The summed E-state index contributed by atoms with van der Waals surface area (Å²) < 4.78 is 10.4. The second-order valence-corrected chi connectivity index (χ2v) is 5.05. The summed E-state index contributed by atoms with van der Waals surface area (Å²) in [6.45, 7) is 1.64. The Hall–Kier alpha value is -2.33. The van der Waals surface area contributed by atoms with Crippen LogP contribution in [0.15, 0.2) is 42.5 Å². The first-order valence-corrected chi connectivity index (χ1v) is 7.00. The second kappa shape index (κ2) is 7.09. The van der Waals surface area contributed by atoms with Crippen molar-refractivity contribution in [1.29, 1.82) is 0 Å². The van der Waals surface area contributed by atoms with Crippen LogP contribution in [0.25, 0.3) is 0 Å². The minimum absolute atomic E-state index is 0.136. The summed E-state index contributed by atoms with van der Waals surface area (Å²) in [6.07, 6.45) is 0. The van der Waals surface area contributed by atoms with Gasteiger partial charge in [0.05, 0.1) is 7.11 Å². The SMILES string of the molecule is COC(=O)c1cc(C(C)=O)ccc1OCc1ccccc1Cl. The Kier molecular flexibility index (Phi) is 5.17. The number of hydrogen-bond donors (Lipinski definition) is 0. The molecule has 0 fully saturated rings. The standard InChI is InChI=1S/C17H15ClO4/c1-11(19)12-7-8-16(14(9-12)17(20)21-2)22-10-13-5-3-4-6-15(13)18/h3-9H,10H2,1-2H3. The highest BCUT2D eigenvalue weighted by atomic mass is 35.5. The Labute approximate surface area is 133 Å². The van der Waals surface area contributed by atoms with Gasteiger partial charge in [0.2, 0.25) is 0 Å². The number of ketones is 1. The smallest absolute Gasteiger partial charge is 0.341 e. The van der Waals surface area contributed by atoms with Gasteiger partial charge in [-0.05, 0) is 31.2 Å². The van der Waals surface area contributed by atoms with Crippen LogP contribution >= 0.6 is 11.6 Å². The molecule has 0 unspecified atom stereocenters. The lowest BCUT2D eigenvalue weighted by atomic mass is 10.1. The molecule has 2 aromatic rings. The second-order valence-electron chi connectivity index (χ2n) is 4.64. The van der Waals surface area contributed by atoms with Crippen LogP contribution in [0.4, 0.5) is 0 Å². The quantitative estimate of drug-likeness (QED) is 0.619. The molecule has 2 rings (SSSR count). The van der Waals surface area contributed by atoms with Crippen molar-refractivity contribution in [3.63, 3.8) is 0 Å². The number of halogens is 1. The fourth-order valence-electron chi connectivity index (χ4n) is 1.92. The van der Waals surface area contributed by atoms with E-state index in [4.69, 9.17) is 21.1 Å². The zero-order chi connectivity index (χ0) is 16.1. The van der Waals surface area contributed by atoms with E-state index in [9.17, 15) is 9.59 Å². The number of benzene rings is 2.